The van der Waals surface area contributed by atoms with Crippen LogP contribution in [-0.2, 0) is 0 Å². The van der Waals surface area contributed by atoms with Gasteiger partial charge in [0.1, 0.15) is 0 Å². The Kier molecular flexibility index (Phi) is 6.26. The molecular formula is C15H24N2O. The van der Waals surface area contributed by atoms with Gasteiger partial charge >= 0.3 is 6.03 Å². The lowest BCUT2D eigenvalue weighted by Crippen LogP contribution is -2.41. The molecule has 0 aliphatic heterocycles. The van der Waals surface area contributed by atoms with Gasteiger partial charge in [0.15, 0.2) is 0 Å². The van der Waals surface area contributed by atoms with Crippen LogP contribution in [0, 0.1) is 0 Å². The summed E-state index contributed by atoms with van der Waals surface area (Å²) in [6.07, 6.45) is 1.99. The Morgan fingerprint density at radius 1 is 1.17 bits per heavy atom. The van der Waals surface area contributed by atoms with E-state index in [0.717, 1.165) is 31.5 Å². The molecule has 3 heteroatoms. The number of benzene rings is 1. The van der Waals surface area contributed by atoms with Crippen molar-refractivity contribution >= 4 is 6.03 Å². The zero-order chi connectivity index (χ0) is 13.4. The van der Waals surface area contributed by atoms with Gasteiger partial charge in [-0.15, -0.1) is 0 Å². The van der Waals surface area contributed by atoms with Gasteiger partial charge in [-0.2, -0.15) is 0 Å². The summed E-state index contributed by atoms with van der Waals surface area (Å²) in [5.41, 5.74) is 1.14. The van der Waals surface area contributed by atoms with Crippen LogP contribution in [0.2, 0.25) is 0 Å². The molecule has 1 aromatic carbocycles. The van der Waals surface area contributed by atoms with Gasteiger partial charge in [-0.25, -0.2) is 4.79 Å². The summed E-state index contributed by atoms with van der Waals surface area (Å²) in [4.78, 5) is 14.0. The molecule has 3 nitrogen and oxygen atoms in total. The number of nitrogens with zero attached hydrogens (tertiary/aromatic N) is 1. The zero-order valence-electron chi connectivity index (χ0n) is 11.6. The maximum atomic E-state index is 12.1. The van der Waals surface area contributed by atoms with E-state index >= 15 is 0 Å². The van der Waals surface area contributed by atoms with E-state index in [-0.39, 0.29) is 12.1 Å². The predicted molar refractivity (Wildman–Crippen MR) is 75.5 cm³/mol. The van der Waals surface area contributed by atoms with Crippen LogP contribution in [0.3, 0.4) is 0 Å². The minimum Gasteiger partial charge on any atom is -0.331 e. The normalized spacial score (nSPS) is 11.9. The molecule has 0 saturated carbocycles. The molecule has 0 spiro atoms. The molecule has 2 amide bonds. The predicted octanol–water partition coefficient (Wildman–Crippen LogP) is 3.58. The van der Waals surface area contributed by atoms with Crippen molar-refractivity contribution in [2.45, 2.75) is 39.7 Å². The van der Waals surface area contributed by atoms with E-state index < -0.39 is 0 Å². The molecule has 1 atom stereocenters. The van der Waals surface area contributed by atoms with Gasteiger partial charge in [0.25, 0.3) is 0 Å². The Balaban J connectivity index is 2.57. The molecule has 0 radical (unpaired) electrons. The fourth-order valence-corrected chi connectivity index (χ4v) is 1.96. The van der Waals surface area contributed by atoms with Crippen LogP contribution >= 0.6 is 0 Å². The first-order chi connectivity index (χ1) is 8.69. The Bertz CT molecular complexity index is 345. The molecule has 0 aromatic heterocycles. The summed E-state index contributed by atoms with van der Waals surface area (Å²) in [7, 11) is 0. The highest BCUT2D eigenvalue weighted by atomic mass is 16.2. The first-order valence-corrected chi connectivity index (χ1v) is 6.79. The molecule has 0 aliphatic rings. The van der Waals surface area contributed by atoms with Crippen LogP contribution < -0.4 is 5.32 Å². The van der Waals surface area contributed by atoms with Gasteiger partial charge in [-0.3, -0.25) is 0 Å². The minimum atomic E-state index is 0.0371. The van der Waals surface area contributed by atoms with Crippen molar-refractivity contribution in [1.82, 2.24) is 10.2 Å². The Morgan fingerprint density at radius 3 is 2.22 bits per heavy atom. The van der Waals surface area contributed by atoms with E-state index in [1.54, 1.807) is 0 Å². The minimum absolute atomic E-state index is 0.0371. The van der Waals surface area contributed by atoms with Crippen molar-refractivity contribution < 1.29 is 4.79 Å². The first kappa shape index (κ1) is 14.6. The quantitative estimate of drug-likeness (QED) is 0.820. The third-order valence-corrected chi connectivity index (χ3v) is 2.91. The van der Waals surface area contributed by atoms with Gasteiger partial charge < -0.3 is 10.2 Å². The smallest absolute Gasteiger partial charge is 0.317 e. The van der Waals surface area contributed by atoms with Gasteiger partial charge in [0.2, 0.25) is 0 Å². The highest BCUT2D eigenvalue weighted by molar-refractivity contribution is 5.74. The summed E-state index contributed by atoms with van der Waals surface area (Å²) in [6, 6.07) is 10.1. The van der Waals surface area contributed by atoms with E-state index in [4.69, 9.17) is 0 Å². The largest absolute Gasteiger partial charge is 0.331 e. The molecule has 1 N–H and O–H groups in total. The van der Waals surface area contributed by atoms with Crippen LogP contribution in [0.15, 0.2) is 30.3 Å². The third kappa shape index (κ3) is 4.40. The molecule has 1 aromatic rings. The molecule has 1 rings (SSSR count). The van der Waals surface area contributed by atoms with Crippen LogP contribution in [0.1, 0.15) is 45.2 Å². The molecule has 1 unspecified atom stereocenters. The average molecular weight is 248 g/mol. The Hall–Kier alpha value is -1.51. The van der Waals surface area contributed by atoms with Crippen molar-refractivity contribution in [3.63, 3.8) is 0 Å². The van der Waals surface area contributed by atoms with Crippen LogP contribution in [0.4, 0.5) is 4.79 Å². The lowest BCUT2D eigenvalue weighted by molar-refractivity contribution is 0.194. The number of carbonyl (C=O) groups is 1. The maximum Gasteiger partial charge on any atom is 0.317 e. The van der Waals surface area contributed by atoms with Gasteiger partial charge in [0, 0.05) is 13.1 Å². The first-order valence-electron chi connectivity index (χ1n) is 6.79. The summed E-state index contributed by atoms with van der Waals surface area (Å²) < 4.78 is 0. The number of amides is 2. The van der Waals surface area contributed by atoms with E-state index in [0.29, 0.717) is 0 Å². The fraction of sp³-hybridized carbons (Fsp3) is 0.533. The van der Waals surface area contributed by atoms with Crippen molar-refractivity contribution in [3.05, 3.63) is 35.9 Å². The number of urea groups is 1. The highest BCUT2D eigenvalue weighted by Gasteiger charge is 2.14. The third-order valence-electron chi connectivity index (χ3n) is 2.91. The lowest BCUT2D eigenvalue weighted by atomic mass is 10.1. The molecule has 0 heterocycles. The maximum absolute atomic E-state index is 12.1. The lowest BCUT2D eigenvalue weighted by Gasteiger charge is -2.24. The summed E-state index contributed by atoms with van der Waals surface area (Å²) in [5, 5.41) is 3.05. The van der Waals surface area contributed by atoms with E-state index in [9.17, 15) is 4.79 Å². The van der Waals surface area contributed by atoms with Gasteiger partial charge in [-0.05, 0) is 25.3 Å². The summed E-state index contributed by atoms with van der Waals surface area (Å²) in [6.45, 7) is 7.85. The van der Waals surface area contributed by atoms with Crippen LogP contribution in [-0.4, -0.2) is 24.0 Å². The van der Waals surface area contributed by atoms with Crippen LogP contribution in [0.25, 0.3) is 0 Å². The van der Waals surface area contributed by atoms with Crippen LogP contribution in [0.5, 0.6) is 0 Å². The second kappa shape index (κ2) is 7.75. The molecular weight excluding hydrogens is 224 g/mol. The number of hydrogen-bond donors (Lipinski definition) is 1. The van der Waals surface area contributed by atoms with E-state index in [2.05, 4.69) is 19.2 Å². The Morgan fingerprint density at radius 2 is 1.72 bits per heavy atom. The molecule has 18 heavy (non-hydrogen) atoms. The number of hydrogen-bond acceptors (Lipinski definition) is 1. The zero-order valence-corrected chi connectivity index (χ0v) is 11.6. The van der Waals surface area contributed by atoms with Crippen molar-refractivity contribution in [1.29, 1.82) is 0 Å². The monoisotopic (exact) mass is 248 g/mol. The van der Waals surface area contributed by atoms with Crippen molar-refractivity contribution in [2.24, 2.45) is 0 Å². The van der Waals surface area contributed by atoms with Gasteiger partial charge in [-0.1, -0.05) is 44.2 Å². The molecule has 0 saturated heterocycles. The summed E-state index contributed by atoms with van der Waals surface area (Å²) in [5.74, 6) is 0. The van der Waals surface area contributed by atoms with Gasteiger partial charge in [0.05, 0.1) is 6.04 Å². The molecule has 0 fully saturated rings. The molecule has 100 valence electrons. The average Bonchev–Trinajstić information content (AvgIpc) is 2.39. The van der Waals surface area contributed by atoms with Crippen molar-refractivity contribution in [3.8, 4) is 0 Å². The standard InChI is InChI=1S/C15H24N2O/c1-4-11-17(12-5-2)15(18)16-13(3)14-9-7-6-8-10-14/h6-10,13H,4-5,11-12H2,1-3H3,(H,16,18). The second-order valence-electron chi connectivity index (χ2n) is 4.57. The number of rotatable bonds is 6. The topological polar surface area (TPSA) is 32.3 Å². The molecule has 0 aliphatic carbocycles. The highest BCUT2D eigenvalue weighted by Crippen LogP contribution is 2.11. The molecule has 0 bridgehead atoms. The number of carbonyl (C=O) groups excluding carboxylic acids is 1. The van der Waals surface area contributed by atoms with E-state index in [1.807, 2.05) is 42.2 Å². The SMILES string of the molecule is CCCN(CCC)C(=O)NC(C)c1ccccc1. The fourth-order valence-electron chi connectivity index (χ4n) is 1.96. The second-order valence-corrected chi connectivity index (χ2v) is 4.57. The van der Waals surface area contributed by atoms with Crippen molar-refractivity contribution in [2.75, 3.05) is 13.1 Å². The number of nitrogens with one attached hydrogen (secondary N) is 1. The Labute approximate surface area is 110 Å². The van der Waals surface area contributed by atoms with E-state index in [1.165, 1.54) is 0 Å². The summed E-state index contributed by atoms with van der Waals surface area (Å²) >= 11 is 0.